The molecule has 18 heavy (non-hydrogen) atoms. The van der Waals surface area contributed by atoms with Gasteiger partial charge in [0.15, 0.2) is 0 Å². The summed E-state index contributed by atoms with van der Waals surface area (Å²) in [6, 6.07) is 4.12. The van der Waals surface area contributed by atoms with Gasteiger partial charge in [-0.15, -0.1) is 0 Å². The van der Waals surface area contributed by atoms with Gasteiger partial charge in [-0.1, -0.05) is 0 Å². The monoisotopic (exact) mass is 245 g/mol. The number of piperazine rings is 1. The van der Waals surface area contributed by atoms with E-state index in [0.29, 0.717) is 11.8 Å². The quantitative estimate of drug-likeness (QED) is 0.791. The summed E-state index contributed by atoms with van der Waals surface area (Å²) in [7, 11) is 0. The van der Waals surface area contributed by atoms with Gasteiger partial charge in [0.1, 0.15) is 5.82 Å². The zero-order valence-electron chi connectivity index (χ0n) is 10.8. The molecule has 0 N–H and O–H groups in total. The molecule has 1 saturated heterocycles. The lowest BCUT2D eigenvalue weighted by Crippen LogP contribution is -2.49. The highest BCUT2D eigenvalue weighted by Gasteiger charge is 2.34. The lowest BCUT2D eigenvalue weighted by Gasteiger charge is -2.35. The number of amides is 1. The maximum atomic E-state index is 11.9. The number of hydrogen-bond acceptors (Lipinski definition) is 3. The van der Waals surface area contributed by atoms with Crippen LogP contribution in [0.1, 0.15) is 18.4 Å². The fraction of sp³-hybridized carbons (Fsp3) is 0.571. The van der Waals surface area contributed by atoms with Crippen molar-refractivity contribution in [2.24, 2.45) is 5.92 Å². The van der Waals surface area contributed by atoms with Gasteiger partial charge < -0.3 is 9.80 Å². The first kappa shape index (κ1) is 11.5. The van der Waals surface area contributed by atoms with Gasteiger partial charge >= 0.3 is 0 Å². The van der Waals surface area contributed by atoms with E-state index in [1.165, 1.54) is 5.56 Å². The number of rotatable bonds is 2. The van der Waals surface area contributed by atoms with Gasteiger partial charge in [-0.05, 0) is 37.5 Å². The van der Waals surface area contributed by atoms with Crippen LogP contribution in [-0.2, 0) is 4.79 Å². The summed E-state index contributed by atoms with van der Waals surface area (Å²) in [5, 5.41) is 0. The molecule has 0 unspecified atom stereocenters. The Morgan fingerprint density at radius 1 is 1.28 bits per heavy atom. The average molecular weight is 245 g/mol. The van der Waals surface area contributed by atoms with Crippen LogP contribution in [0.15, 0.2) is 18.3 Å². The molecule has 1 saturated carbocycles. The number of carbonyl (C=O) groups excluding carboxylic acids is 1. The standard InChI is InChI=1S/C14H19N3O/c1-11-4-5-15-13(10-11)16-6-8-17(9-7-16)14(18)12-2-3-12/h4-5,10,12H,2-3,6-9H2,1H3. The van der Waals surface area contributed by atoms with E-state index in [1.54, 1.807) is 0 Å². The Morgan fingerprint density at radius 3 is 2.61 bits per heavy atom. The molecule has 0 atom stereocenters. The summed E-state index contributed by atoms with van der Waals surface area (Å²) < 4.78 is 0. The lowest BCUT2D eigenvalue weighted by atomic mass is 10.2. The number of pyridine rings is 1. The highest BCUT2D eigenvalue weighted by atomic mass is 16.2. The van der Waals surface area contributed by atoms with Gasteiger partial charge in [-0.25, -0.2) is 4.98 Å². The molecule has 1 aliphatic heterocycles. The van der Waals surface area contributed by atoms with Crippen molar-refractivity contribution in [2.45, 2.75) is 19.8 Å². The molecule has 1 aromatic heterocycles. The first-order valence-electron chi connectivity index (χ1n) is 6.70. The SMILES string of the molecule is Cc1ccnc(N2CCN(C(=O)C3CC3)CC2)c1. The molecule has 4 nitrogen and oxygen atoms in total. The van der Waals surface area contributed by atoms with Gasteiger partial charge in [0.2, 0.25) is 5.91 Å². The summed E-state index contributed by atoms with van der Waals surface area (Å²) in [6.07, 6.45) is 4.04. The molecule has 1 amide bonds. The van der Waals surface area contributed by atoms with E-state index in [0.717, 1.165) is 44.8 Å². The highest BCUT2D eigenvalue weighted by Crippen LogP contribution is 2.31. The molecule has 2 heterocycles. The summed E-state index contributed by atoms with van der Waals surface area (Å²) in [5.41, 5.74) is 1.23. The van der Waals surface area contributed by atoms with Gasteiger partial charge in [-0.3, -0.25) is 4.79 Å². The Morgan fingerprint density at radius 2 is 2.00 bits per heavy atom. The number of aryl methyl sites for hydroxylation is 1. The minimum atomic E-state index is 0.341. The number of carbonyl (C=O) groups is 1. The number of aromatic nitrogens is 1. The van der Waals surface area contributed by atoms with Crippen LogP contribution >= 0.6 is 0 Å². The third-order valence-electron chi connectivity index (χ3n) is 3.74. The van der Waals surface area contributed by atoms with Crippen molar-refractivity contribution >= 4 is 11.7 Å². The summed E-state index contributed by atoms with van der Waals surface area (Å²) >= 11 is 0. The molecule has 2 fully saturated rings. The molecule has 0 spiro atoms. The molecule has 1 aliphatic carbocycles. The van der Waals surface area contributed by atoms with E-state index < -0.39 is 0 Å². The Balaban J connectivity index is 1.61. The molecule has 96 valence electrons. The fourth-order valence-corrected chi connectivity index (χ4v) is 2.44. The van der Waals surface area contributed by atoms with Crippen LogP contribution < -0.4 is 4.90 Å². The van der Waals surface area contributed by atoms with Gasteiger partial charge in [0, 0.05) is 38.3 Å². The molecule has 4 heteroatoms. The van der Waals surface area contributed by atoms with Crippen molar-refractivity contribution in [3.05, 3.63) is 23.9 Å². The normalized spacial score (nSPS) is 20.1. The van der Waals surface area contributed by atoms with Crippen LogP contribution in [0.5, 0.6) is 0 Å². The average Bonchev–Trinajstić information content (AvgIpc) is 3.22. The first-order valence-corrected chi connectivity index (χ1v) is 6.70. The second-order valence-corrected chi connectivity index (χ2v) is 5.28. The van der Waals surface area contributed by atoms with Crippen molar-refractivity contribution in [1.29, 1.82) is 0 Å². The van der Waals surface area contributed by atoms with Crippen LogP contribution in [0, 0.1) is 12.8 Å². The third-order valence-corrected chi connectivity index (χ3v) is 3.74. The Kier molecular flexibility index (Phi) is 2.94. The molecular weight excluding hydrogens is 226 g/mol. The van der Waals surface area contributed by atoms with Gasteiger partial charge in [0.05, 0.1) is 0 Å². The van der Waals surface area contributed by atoms with Crippen LogP contribution in [0.4, 0.5) is 5.82 Å². The second kappa shape index (κ2) is 4.59. The Bertz CT molecular complexity index is 448. The van der Waals surface area contributed by atoms with E-state index in [9.17, 15) is 4.79 Å². The van der Waals surface area contributed by atoms with Crippen molar-refractivity contribution in [3.63, 3.8) is 0 Å². The molecule has 1 aromatic rings. The van der Waals surface area contributed by atoms with Crippen LogP contribution in [0.3, 0.4) is 0 Å². The Labute approximate surface area is 108 Å². The number of nitrogens with zero attached hydrogens (tertiary/aromatic N) is 3. The van der Waals surface area contributed by atoms with E-state index in [1.807, 2.05) is 17.2 Å². The number of hydrogen-bond donors (Lipinski definition) is 0. The topological polar surface area (TPSA) is 36.4 Å². The smallest absolute Gasteiger partial charge is 0.225 e. The van der Waals surface area contributed by atoms with Crippen molar-refractivity contribution in [2.75, 3.05) is 31.1 Å². The Hall–Kier alpha value is -1.58. The lowest BCUT2D eigenvalue weighted by molar-refractivity contribution is -0.132. The fourth-order valence-electron chi connectivity index (χ4n) is 2.44. The van der Waals surface area contributed by atoms with Gasteiger partial charge in [-0.2, -0.15) is 0 Å². The molecule has 0 aromatic carbocycles. The highest BCUT2D eigenvalue weighted by molar-refractivity contribution is 5.81. The van der Waals surface area contributed by atoms with Crippen molar-refractivity contribution < 1.29 is 4.79 Å². The maximum absolute atomic E-state index is 11.9. The van der Waals surface area contributed by atoms with Crippen LogP contribution in [0.2, 0.25) is 0 Å². The molecule has 3 rings (SSSR count). The zero-order valence-corrected chi connectivity index (χ0v) is 10.8. The summed E-state index contributed by atoms with van der Waals surface area (Å²) in [4.78, 5) is 20.6. The molecule has 2 aliphatic rings. The minimum absolute atomic E-state index is 0.341. The van der Waals surface area contributed by atoms with E-state index in [2.05, 4.69) is 22.9 Å². The van der Waals surface area contributed by atoms with Crippen LogP contribution in [-0.4, -0.2) is 42.0 Å². The molecular formula is C14H19N3O. The first-order chi connectivity index (χ1) is 8.74. The zero-order chi connectivity index (χ0) is 12.5. The predicted octanol–water partition coefficient (Wildman–Crippen LogP) is 1.45. The molecule has 0 radical (unpaired) electrons. The minimum Gasteiger partial charge on any atom is -0.353 e. The summed E-state index contributed by atoms with van der Waals surface area (Å²) in [5.74, 6) is 1.74. The van der Waals surface area contributed by atoms with E-state index >= 15 is 0 Å². The van der Waals surface area contributed by atoms with Crippen molar-refractivity contribution in [3.8, 4) is 0 Å². The second-order valence-electron chi connectivity index (χ2n) is 5.28. The maximum Gasteiger partial charge on any atom is 0.225 e. The van der Waals surface area contributed by atoms with E-state index in [-0.39, 0.29) is 0 Å². The largest absolute Gasteiger partial charge is 0.353 e. The third kappa shape index (κ3) is 2.33. The van der Waals surface area contributed by atoms with Gasteiger partial charge in [0.25, 0.3) is 0 Å². The molecule has 0 bridgehead atoms. The van der Waals surface area contributed by atoms with E-state index in [4.69, 9.17) is 0 Å². The predicted molar refractivity (Wildman–Crippen MR) is 70.5 cm³/mol. The summed E-state index contributed by atoms with van der Waals surface area (Å²) in [6.45, 7) is 5.55. The van der Waals surface area contributed by atoms with Crippen molar-refractivity contribution in [1.82, 2.24) is 9.88 Å². The van der Waals surface area contributed by atoms with Crippen LogP contribution in [0.25, 0.3) is 0 Å². The number of anilines is 1.